The van der Waals surface area contributed by atoms with E-state index in [1.807, 2.05) is 0 Å². The van der Waals surface area contributed by atoms with Crippen LogP contribution in [-0.2, 0) is 14.3 Å². The molecule has 0 unspecified atom stereocenters. The van der Waals surface area contributed by atoms with Crippen LogP contribution in [0.2, 0.25) is 0 Å². The Labute approximate surface area is 117 Å². The standard InChI is InChI=1S/C14H30N2O3/c1-4-5-7-18-9-10-19-8-6-16-14(17)12-15-11-13(2)3/h13,15H,4-12H2,1-3H3,(H,16,17). The molecule has 0 aromatic rings. The van der Waals surface area contributed by atoms with Gasteiger partial charge in [-0.05, 0) is 18.9 Å². The van der Waals surface area contributed by atoms with Gasteiger partial charge in [0.1, 0.15) is 0 Å². The average molecular weight is 274 g/mol. The number of carbonyl (C=O) groups is 1. The maximum absolute atomic E-state index is 11.4. The second-order valence-electron chi connectivity index (χ2n) is 4.95. The van der Waals surface area contributed by atoms with Gasteiger partial charge >= 0.3 is 0 Å². The van der Waals surface area contributed by atoms with E-state index in [1.54, 1.807) is 0 Å². The first-order valence-electron chi connectivity index (χ1n) is 7.29. The SMILES string of the molecule is CCCCOCCOCCNC(=O)CNCC(C)C. The third-order valence-corrected chi connectivity index (χ3v) is 2.42. The van der Waals surface area contributed by atoms with E-state index < -0.39 is 0 Å². The normalized spacial score (nSPS) is 10.9. The number of carbonyl (C=O) groups excluding carboxylic acids is 1. The summed E-state index contributed by atoms with van der Waals surface area (Å²) in [5.41, 5.74) is 0. The molecule has 0 aromatic carbocycles. The molecule has 114 valence electrons. The number of hydrogen-bond acceptors (Lipinski definition) is 4. The van der Waals surface area contributed by atoms with E-state index in [-0.39, 0.29) is 5.91 Å². The van der Waals surface area contributed by atoms with Crippen LogP contribution in [0.4, 0.5) is 0 Å². The summed E-state index contributed by atoms with van der Waals surface area (Å²) >= 11 is 0. The monoisotopic (exact) mass is 274 g/mol. The third kappa shape index (κ3) is 15.3. The molecule has 0 heterocycles. The highest BCUT2D eigenvalue weighted by Crippen LogP contribution is 1.88. The lowest BCUT2D eigenvalue weighted by atomic mass is 10.2. The molecule has 1 amide bonds. The van der Waals surface area contributed by atoms with E-state index in [9.17, 15) is 4.79 Å². The van der Waals surface area contributed by atoms with Crippen molar-refractivity contribution < 1.29 is 14.3 Å². The van der Waals surface area contributed by atoms with Gasteiger partial charge in [0.2, 0.25) is 5.91 Å². The van der Waals surface area contributed by atoms with Crippen molar-refractivity contribution >= 4 is 5.91 Å². The summed E-state index contributed by atoms with van der Waals surface area (Å²) in [7, 11) is 0. The summed E-state index contributed by atoms with van der Waals surface area (Å²) in [6.45, 7) is 10.7. The van der Waals surface area contributed by atoms with E-state index in [1.165, 1.54) is 0 Å². The number of hydrogen-bond donors (Lipinski definition) is 2. The van der Waals surface area contributed by atoms with E-state index in [4.69, 9.17) is 9.47 Å². The van der Waals surface area contributed by atoms with Crippen LogP contribution in [0.1, 0.15) is 33.6 Å². The third-order valence-electron chi connectivity index (χ3n) is 2.42. The fraction of sp³-hybridized carbons (Fsp3) is 0.929. The quantitative estimate of drug-likeness (QED) is 0.495. The minimum absolute atomic E-state index is 0.0171. The van der Waals surface area contributed by atoms with Crippen LogP contribution in [0.25, 0.3) is 0 Å². The average Bonchev–Trinajstić information content (AvgIpc) is 2.36. The first kappa shape index (κ1) is 18.4. The van der Waals surface area contributed by atoms with Crippen molar-refractivity contribution in [2.45, 2.75) is 33.6 Å². The Balaban J connectivity index is 3.14. The predicted molar refractivity (Wildman–Crippen MR) is 77.3 cm³/mol. The molecule has 5 heteroatoms. The van der Waals surface area contributed by atoms with Crippen LogP contribution in [0.5, 0.6) is 0 Å². The van der Waals surface area contributed by atoms with E-state index in [2.05, 4.69) is 31.4 Å². The topological polar surface area (TPSA) is 59.6 Å². The molecule has 0 spiro atoms. The van der Waals surface area contributed by atoms with Gasteiger partial charge in [-0.15, -0.1) is 0 Å². The molecule has 0 saturated carbocycles. The summed E-state index contributed by atoms with van der Waals surface area (Å²) in [5.74, 6) is 0.576. The highest BCUT2D eigenvalue weighted by atomic mass is 16.5. The van der Waals surface area contributed by atoms with Crippen LogP contribution >= 0.6 is 0 Å². The number of amides is 1. The fourth-order valence-corrected chi connectivity index (χ4v) is 1.37. The van der Waals surface area contributed by atoms with Crippen LogP contribution < -0.4 is 10.6 Å². The Morgan fingerprint density at radius 1 is 1.11 bits per heavy atom. The minimum atomic E-state index is 0.0171. The Morgan fingerprint density at radius 3 is 2.42 bits per heavy atom. The van der Waals surface area contributed by atoms with Gasteiger partial charge in [0.05, 0.1) is 26.4 Å². The Kier molecular flexibility index (Phi) is 13.3. The molecule has 0 aromatic heterocycles. The van der Waals surface area contributed by atoms with Crippen molar-refractivity contribution in [3.05, 3.63) is 0 Å². The summed E-state index contributed by atoms with van der Waals surface area (Å²) in [4.78, 5) is 11.4. The zero-order valence-electron chi connectivity index (χ0n) is 12.7. The van der Waals surface area contributed by atoms with Crippen LogP contribution in [0, 0.1) is 5.92 Å². The van der Waals surface area contributed by atoms with Crippen molar-refractivity contribution in [2.24, 2.45) is 5.92 Å². The lowest BCUT2D eigenvalue weighted by Crippen LogP contribution is -2.36. The second kappa shape index (κ2) is 13.8. The van der Waals surface area contributed by atoms with Crippen molar-refractivity contribution in [1.82, 2.24) is 10.6 Å². The van der Waals surface area contributed by atoms with Crippen molar-refractivity contribution in [1.29, 1.82) is 0 Å². The van der Waals surface area contributed by atoms with Crippen molar-refractivity contribution in [3.63, 3.8) is 0 Å². The molecule has 0 aliphatic carbocycles. The van der Waals surface area contributed by atoms with Gasteiger partial charge in [-0.1, -0.05) is 27.2 Å². The van der Waals surface area contributed by atoms with E-state index in [0.717, 1.165) is 26.0 Å². The van der Waals surface area contributed by atoms with Gasteiger partial charge in [-0.3, -0.25) is 4.79 Å². The Morgan fingerprint density at radius 2 is 1.79 bits per heavy atom. The zero-order chi connectivity index (χ0) is 14.3. The number of ether oxygens (including phenoxy) is 2. The molecule has 19 heavy (non-hydrogen) atoms. The summed E-state index contributed by atoms with van der Waals surface area (Å²) in [5, 5.41) is 5.89. The highest BCUT2D eigenvalue weighted by molar-refractivity contribution is 5.77. The first-order valence-corrected chi connectivity index (χ1v) is 7.29. The van der Waals surface area contributed by atoms with Gasteiger partial charge in [0.25, 0.3) is 0 Å². The summed E-state index contributed by atoms with van der Waals surface area (Å²) in [6.07, 6.45) is 2.25. The van der Waals surface area contributed by atoms with Crippen LogP contribution in [-0.4, -0.2) is 52.0 Å². The molecule has 0 atom stereocenters. The largest absolute Gasteiger partial charge is 0.379 e. The Hall–Kier alpha value is -0.650. The Bertz CT molecular complexity index is 211. The highest BCUT2D eigenvalue weighted by Gasteiger charge is 2.00. The molecule has 5 nitrogen and oxygen atoms in total. The molecule has 0 bridgehead atoms. The van der Waals surface area contributed by atoms with Crippen LogP contribution in [0.15, 0.2) is 0 Å². The first-order chi connectivity index (χ1) is 9.16. The smallest absolute Gasteiger partial charge is 0.234 e. The van der Waals surface area contributed by atoms with Gasteiger partial charge in [0, 0.05) is 13.2 Å². The number of rotatable bonds is 13. The molecule has 0 aliphatic rings. The minimum Gasteiger partial charge on any atom is -0.379 e. The van der Waals surface area contributed by atoms with Gasteiger partial charge in [0.15, 0.2) is 0 Å². The molecule has 0 saturated heterocycles. The van der Waals surface area contributed by atoms with E-state index in [0.29, 0.717) is 38.8 Å². The van der Waals surface area contributed by atoms with Crippen LogP contribution in [0.3, 0.4) is 0 Å². The zero-order valence-corrected chi connectivity index (χ0v) is 12.7. The van der Waals surface area contributed by atoms with Crippen molar-refractivity contribution in [2.75, 3.05) is 46.1 Å². The predicted octanol–water partition coefficient (Wildman–Crippen LogP) is 1.18. The summed E-state index contributed by atoms with van der Waals surface area (Å²) < 4.78 is 10.7. The second-order valence-corrected chi connectivity index (χ2v) is 4.95. The molecular formula is C14H30N2O3. The molecule has 0 radical (unpaired) electrons. The molecule has 2 N–H and O–H groups in total. The lowest BCUT2D eigenvalue weighted by molar-refractivity contribution is -0.120. The molecular weight excluding hydrogens is 244 g/mol. The maximum atomic E-state index is 11.4. The van der Waals surface area contributed by atoms with E-state index >= 15 is 0 Å². The molecule has 0 rings (SSSR count). The van der Waals surface area contributed by atoms with Crippen molar-refractivity contribution in [3.8, 4) is 0 Å². The molecule has 0 fully saturated rings. The number of unbranched alkanes of at least 4 members (excludes halogenated alkanes) is 1. The van der Waals surface area contributed by atoms with Gasteiger partial charge in [-0.2, -0.15) is 0 Å². The maximum Gasteiger partial charge on any atom is 0.234 e. The fourth-order valence-electron chi connectivity index (χ4n) is 1.37. The van der Waals surface area contributed by atoms with Gasteiger partial charge in [-0.25, -0.2) is 0 Å². The summed E-state index contributed by atoms with van der Waals surface area (Å²) in [6, 6.07) is 0. The number of nitrogens with one attached hydrogen (secondary N) is 2. The van der Waals surface area contributed by atoms with Gasteiger partial charge < -0.3 is 20.1 Å². The lowest BCUT2D eigenvalue weighted by Gasteiger charge is -2.09. The molecule has 0 aliphatic heterocycles.